The van der Waals surface area contributed by atoms with Crippen LogP contribution in [-0.2, 0) is 27.2 Å². The molecule has 0 aromatic heterocycles. The minimum atomic E-state index is -0.0377. The molecule has 2 amide bonds. The summed E-state index contributed by atoms with van der Waals surface area (Å²) in [4.78, 5) is 22.8. The van der Waals surface area contributed by atoms with Crippen molar-refractivity contribution in [2.24, 2.45) is 0 Å². The number of benzene rings is 1. The lowest BCUT2D eigenvalue weighted by Gasteiger charge is -2.06. The third kappa shape index (κ3) is 3.07. The SMILES string of the molecule is COCCNC(=O)Cc1ccc2c(c1)CC(=O)N2. The number of carbonyl (C=O) groups is 2. The molecule has 0 spiro atoms. The van der Waals surface area contributed by atoms with E-state index in [2.05, 4.69) is 10.6 Å². The Morgan fingerprint density at radius 2 is 2.33 bits per heavy atom. The Morgan fingerprint density at radius 1 is 1.50 bits per heavy atom. The molecule has 5 heteroatoms. The smallest absolute Gasteiger partial charge is 0.228 e. The van der Waals surface area contributed by atoms with Gasteiger partial charge in [0.15, 0.2) is 0 Å². The average molecular weight is 248 g/mol. The van der Waals surface area contributed by atoms with Gasteiger partial charge in [0.25, 0.3) is 0 Å². The maximum Gasteiger partial charge on any atom is 0.228 e. The Labute approximate surface area is 106 Å². The zero-order chi connectivity index (χ0) is 13.0. The molecule has 0 atom stereocenters. The lowest BCUT2D eigenvalue weighted by molar-refractivity contribution is -0.120. The van der Waals surface area contributed by atoms with Gasteiger partial charge in [-0.2, -0.15) is 0 Å². The number of methoxy groups -OCH3 is 1. The van der Waals surface area contributed by atoms with E-state index in [1.807, 2.05) is 18.2 Å². The third-order valence-electron chi connectivity index (χ3n) is 2.79. The Morgan fingerprint density at radius 3 is 3.11 bits per heavy atom. The second kappa shape index (κ2) is 5.64. The molecule has 0 saturated heterocycles. The molecule has 0 unspecified atom stereocenters. The number of nitrogens with one attached hydrogen (secondary N) is 2. The zero-order valence-corrected chi connectivity index (χ0v) is 10.3. The van der Waals surface area contributed by atoms with Crippen LogP contribution in [0.3, 0.4) is 0 Å². The molecule has 0 fully saturated rings. The van der Waals surface area contributed by atoms with Crippen molar-refractivity contribution in [1.29, 1.82) is 0 Å². The zero-order valence-electron chi connectivity index (χ0n) is 10.3. The lowest BCUT2D eigenvalue weighted by Crippen LogP contribution is -2.28. The molecular weight excluding hydrogens is 232 g/mol. The molecule has 0 aliphatic carbocycles. The van der Waals surface area contributed by atoms with E-state index >= 15 is 0 Å². The highest BCUT2D eigenvalue weighted by atomic mass is 16.5. The van der Waals surface area contributed by atoms with Gasteiger partial charge in [-0.3, -0.25) is 9.59 Å². The van der Waals surface area contributed by atoms with Gasteiger partial charge in [0.05, 0.1) is 19.4 Å². The van der Waals surface area contributed by atoms with Crippen LogP contribution in [0.25, 0.3) is 0 Å². The number of rotatable bonds is 5. The predicted molar refractivity (Wildman–Crippen MR) is 67.4 cm³/mol. The van der Waals surface area contributed by atoms with Crippen LogP contribution < -0.4 is 10.6 Å². The minimum Gasteiger partial charge on any atom is -0.383 e. The van der Waals surface area contributed by atoms with Gasteiger partial charge < -0.3 is 15.4 Å². The molecule has 1 aliphatic heterocycles. The van der Waals surface area contributed by atoms with E-state index in [1.165, 1.54) is 0 Å². The van der Waals surface area contributed by atoms with Crippen molar-refractivity contribution < 1.29 is 14.3 Å². The number of anilines is 1. The monoisotopic (exact) mass is 248 g/mol. The van der Waals surface area contributed by atoms with Crippen molar-refractivity contribution >= 4 is 17.5 Å². The van der Waals surface area contributed by atoms with Crippen molar-refractivity contribution in [3.05, 3.63) is 29.3 Å². The van der Waals surface area contributed by atoms with E-state index in [9.17, 15) is 9.59 Å². The second-order valence-corrected chi connectivity index (χ2v) is 4.24. The number of amides is 2. The summed E-state index contributed by atoms with van der Waals surface area (Å²) in [6.07, 6.45) is 0.722. The molecule has 18 heavy (non-hydrogen) atoms. The first-order valence-electron chi connectivity index (χ1n) is 5.86. The first-order chi connectivity index (χ1) is 8.69. The van der Waals surface area contributed by atoms with Crippen LogP contribution in [0.1, 0.15) is 11.1 Å². The second-order valence-electron chi connectivity index (χ2n) is 4.24. The minimum absolute atomic E-state index is 0.00620. The van der Waals surface area contributed by atoms with Gasteiger partial charge in [-0.25, -0.2) is 0 Å². The van der Waals surface area contributed by atoms with Crippen LogP contribution >= 0.6 is 0 Å². The van der Waals surface area contributed by atoms with Gasteiger partial charge in [0, 0.05) is 19.3 Å². The quantitative estimate of drug-likeness (QED) is 0.745. The van der Waals surface area contributed by atoms with Crippen LogP contribution in [-0.4, -0.2) is 32.1 Å². The molecule has 2 rings (SSSR count). The Balaban J connectivity index is 1.92. The van der Waals surface area contributed by atoms with Gasteiger partial charge in [0.1, 0.15) is 0 Å². The number of carbonyl (C=O) groups excluding carboxylic acids is 2. The van der Waals surface area contributed by atoms with Gasteiger partial charge >= 0.3 is 0 Å². The molecule has 0 bridgehead atoms. The van der Waals surface area contributed by atoms with Crippen molar-refractivity contribution in [1.82, 2.24) is 5.32 Å². The van der Waals surface area contributed by atoms with Gasteiger partial charge in [-0.15, -0.1) is 0 Å². The molecule has 1 aromatic rings. The summed E-state index contributed by atoms with van der Waals surface area (Å²) in [5, 5.41) is 5.53. The van der Waals surface area contributed by atoms with Crippen LogP contribution in [0.5, 0.6) is 0 Å². The Kier molecular flexibility index (Phi) is 3.94. The largest absolute Gasteiger partial charge is 0.383 e. The van der Waals surface area contributed by atoms with Crippen LogP contribution in [0.15, 0.2) is 18.2 Å². The summed E-state index contributed by atoms with van der Waals surface area (Å²) in [6.45, 7) is 1.02. The van der Waals surface area contributed by atoms with Crippen molar-refractivity contribution in [2.45, 2.75) is 12.8 Å². The van der Waals surface area contributed by atoms with E-state index in [1.54, 1.807) is 7.11 Å². The molecule has 0 saturated carbocycles. The van der Waals surface area contributed by atoms with E-state index in [0.29, 0.717) is 26.0 Å². The summed E-state index contributed by atoms with van der Waals surface area (Å²) in [6, 6.07) is 5.61. The van der Waals surface area contributed by atoms with Crippen LogP contribution in [0.4, 0.5) is 5.69 Å². The van der Waals surface area contributed by atoms with E-state index in [0.717, 1.165) is 16.8 Å². The average Bonchev–Trinajstić information content (AvgIpc) is 2.69. The maximum atomic E-state index is 11.6. The highest BCUT2D eigenvalue weighted by molar-refractivity contribution is 5.99. The number of fused-ring (bicyclic) bond motifs is 1. The van der Waals surface area contributed by atoms with Gasteiger partial charge in [-0.05, 0) is 17.2 Å². The molecule has 2 N–H and O–H groups in total. The molecule has 0 radical (unpaired) electrons. The fourth-order valence-electron chi connectivity index (χ4n) is 1.93. The normalized spacial score (nSPS) is 13.1. The lowest BCUT2D eigenvalue weighted by atomic mass is 10.1. The first kappa shape index (κ1) is 12.6. The third-order valence-corrected chi connectivity index (χ3v) is 2.79. The van der Waals surface area contributed by atoms with Crippen LogP contribution in [0.2, 0.25) is 0 Å². The topological polar surface area (TPSA) is 67.4 Å². The highest BCUT2D eigenvalue weighted by Crippen LogP contribution is 2.23. The van der Waals surface area contributed by atoms with Crippen molar-refractivity contribution in [2.75, 3.05) is 25.6 Å². The van der Waals surface area contributed by atoms with Crippen LogP contribution in [0, 0.1) is 0 Å². The molecular formula is C13H16N2O3. The highest BCUT2D eigenvalue weighted by Gasteiger charge is 2.17. The summed E-state index contributed by atoms with van der Waals surface area (Å²) in [5.74, 6) is -0.0315. The van der Waals surface area contributed by atoms with Gasteiger partial charge in [0.2, 0.25) is 11.8 Å². The fraction of sp³-hybridized carbons (Fsp3) is 0.385. The Bertz CT molecular complexity index is 471. The fourth-order valence-corrected chi connectivity index (χ4v) is 1.93. The summed E-state index contributed by atoms with van der Waals surface area (Å²) < 4.78 is 4.85. The first-order valence-corrected chi connectivity index (χ1v) is 5.86. The maximum absolute atomic E-state index is 11.6. The molecule has 1 heterocycles. The van der Waals surface area contributed by atoms with E-state index < -0.39 is 0 Å². The summed E-state index contributed by atoms with van der Waals surface area (Å²) in [7, 11) is 1.59. The molecule has 5 nitrogen and oxygen atoms in total. The van der Waals surface area contributed by atoms with Crippen molar-refractivity contribution in [3.63, 3.8) is 0 Å². The predicted octanol–water partition coefficient (Wildman–Crippen LogP) is 0.486. The van der Waals surface area contributed by atoms with Gasteiger partial charge in [-0.1, -0.05) is 12.1 Å². The van der Waals surface area contributed by atoms with E-state index in [4.69, 9.17) is 4.74 Å². The molecule has 96 valence electrons. The summed E-state index contributed by atoms with van der Waals surface area (Å²) >= 11 is 0. The summed E-state index contributed by atoms with van der Waals surface area (Å²) in [5.41, 5.74) is 2.73. The Hall–Kier alpha value is -1.88. The standard InChI is InChI=1S/C13H16N2O3/c1-18-5-4-14-12(16)7-9-2-3-11-10(6-9)8-13(17)15-11/h2-3,6H,4-5,7-8H2,1H3,(H,14,16)(H,15,17). The molecule has 1 aromatic carbocycles. The van der Waals surface area contributed by atoms with Crippen molar-refractivity contribution in [3.8, 4) is 0 Å². The number of ether oxygens (including phenoxy) is 1. The number of hydrogen-bond acceptors (Lipinski definition) is 3. The molecule has 1 aliphatic rings. The van der Waals surface area contributed by atoms with E-state index in [-0.39, 0.29) is 11.8 Å². The number of hydrogen-bond donors (Lipinski definition) is 2.